The topological polar surface area (TPSA) is 71.0 Å². The molecule has 0 saturated carbocycles. The maximum atomic E-state index is 12.4. The number of piperidine rings is 1. The fourth-order valence-corrected chi connectivity index (χ4v) is 3.32. The number of carbonyl (C=O) groups is 1. The first kappa shape index (κ1) is 17.1. The molecule has 0 radical (unpaired) electrons. The summed E-state index contributed by atoms with van der Waals surface area (Å²) in [5, 5.41) is 2.89. The van der Waals surface area contributed by atoms with Gasteiger partial charge < -0.3 is 10.2 Å². The number of likely N-dealkylation sites (tertiary alicyclic amines) is 1. The maximum absolute atomic E-state index is 12.4. The second-order valence-corrected chi connectivity index (χ2v) is 6.60. The third-order valence-electron chi connectivity index (χ3n) is 4.80. The van der Waals surface area contributed by atoms with E-state index in [1.165, 1.54) is 0 Å². The zero-order chi connectivity index (χ0) is 18.5. The van der Waals surface area contributed by atoms with Crippen LogP contribution in [0.25, 0.3) is 11.3 Å². The lowest BCUT2D eigenvalue weighted by Gasteiger charge is -2.31. The molecule has 4 rings (SSSR count). The number of nitrogens with one attached hydrogen (secondary N) is 1. The minimum Gasteiger partial charge on any atom is -0.324 e. The number of nitrogens with zero attached hydrogens (tertiary/aromatic N) is 4. The van der Waals surface area contributed by atoms with Gasteiger partial charge in [-0.1, -0.05) is 30.3 Å². The quantitative estimate of drug-likeness (QED) is 0.769. The van der Waals surface area contributed by atoms with Crippen LogP contribution in [0.4, 0.5) is 10.5 Å². The SMILES string of the molecule is O=C(Nc1cccnc1)N1CCC(c2nccc(-c3ccccc3)n2)CC1. The smallest absolute Gasteiger partial charge is 0.321 e. The van der Waals surface area contributed by atoms with Crippen LogP contribution in [-0.2, 0) is 0 Å². The number of rotatable bonds is 3. The summed E-state index contributed by atoms with van der Waals surface area (Å²) >= 11 is 0. The van der Waals surface area contributed by atoms with Crippen molar-refractivity contribution < 1.29 is 4.79 Å². The van der Waals surface area contributed by atoms with Crippen LogP contribution in [0.3, 0.4) is 0 Å². The lowest BCUT2D eigenvalue weighted by Crippen LogP contribution is -2.40. The predicted octanol–water partition coefficient (Wildman–Crippen LogP) is 3.95. The second kappa shape index (κ2) is 7.95. The third-order valence-corrected chi connectivity index (χ3v) is 4.80. The molecule has 27 heavy (non-hydrogen) atoms. The molecule has 0 aliphatic carbocycles. The van der Waals surface area contributed by atoms with E-state index in [0.29, 0.717) is 18.8 Å². The number of urea groups is 1. The number of benzene rings is 1. The van der Waals surface area contributed by atoms with Crippen molar-refractivity contribution in [1.82, 2.24) is 19.9 Å². The molecule has 1 saturated heterocycles. The van der Waals surface area contributed by atoms with Crippen LogP contribution in [0.1, 0.15) is 24.6 Å². The summed E-state index contributed by atoms with van der Waals surface area (Å²) in [6.07, 6.45) is 6.88. The Kier molecular flexibility index (Phi) is 5.05. The van der Waals surface area contributed by atoms with E-state index in [4.69, 9.17) is 4.98 Å². The normalized spacial score (nSPS) is 14.7. The average molecular weight is 359 g/mol. The van der Waals surface area contributed by atoms with Crippen LogP contribution >= 0.6 is 0 Å². The van der Waals surface area contributed by atoms with E-state index in [1.807, 2.05) is 41.4 Å². The molecule has 0 unspecified atom stereocenters. The Hall–Kier alpha value is -3.28. The number of anilines is 1. The van der Waals surface area contributed by atoms with Crippen LogP contribution in [-0.4, -0.2) is 39.0 Å². The number of hydrogen-bond acceptors (Lipinski definition) is 4. The molecule has 1 aliphatic heterocycles. The Morgan fingerprint density at radius 3 is 2.56 bits per heavy atom. The maximum Gasteiger partial charge on any atom is 0.321 e. The Morgan fingerprint density at radius 1 is 1.00 bits per heavy atom. The van der Waals surface area contributed by atoms with Gasteiger partial charge in [0.25, 0.3) is 0 Å². The van der Waals surface area contributed by atoms with Crippen molar-refractivity contribution in [2.45, 2.75) is 18.8 Å². The summed E-state index contributed by atoms with van der Waals surface area (Å²) in [6.45, 7) is 1.38. The van der Waals surface area contributed by atoms with E-state index < -0.39 is 0 Å². The Bertz CT molecular complexity index is 893. The summed E-state index contributed by atoms with van der Waals surface area (Å²) in [5.74, 6) is 1.14. The van der Waals surface area contributed by atoms with Crippen LogP contribution < -0.4 is 5.32 Å². The third kappa shape index (κ3) is 4.11. The molecule has 0 bridgehead atoms. The van der Waals surface area contributed by atoms with Crippen molar-refractivity contribution in [3.63, 3.8) is 0 Å². The van der Waals surface area contributed by atoms with Crippen molar-refractivity contribution in [2.75, 3.05) is 18.4 Å². The average Bonchev–Trinajstić information content (AvgIpc) is 2.75. The Morgan fingerprint density at radius 2 is 1.81 bits per heavy atom. The zero-order valence-electron chi connectivity index (χ0n) is 15.0. The molecule has 2 amide bonds. The highest BCUT2D eigenvalue weighted by Gasteiger charge is 2.25. The lowest BCUT2D eigenvalue weighted by atomic mass is 9.96. The van der Waals surface area contributed by atoms with E-state index in [-0.39, 0.29) is 11.9 Å². The summed E-state index contributed by atoms with van der Waals surface area (Å²) < 4.78 is 0. The molecule has 0 spiro atoms. The van der Waals surface area contributed by atoms with Gasteiger partial charge in [0.1, 0.15) is 5.82 Å². The largest absolute Gasteiger partial charge is 0.324 e. The van der Waals surface area contributed by atoms with Crippen LogP contribution in [0.2, 0.25) is 0 Å². The first-order valence-electron chi connectivity index (χ1n) is 9.14. The standard InChI is InChI=1S/C21H21N5O/c27-21(24-18-7-4-11-22-15-18)26-13-9-17(10-14-26)20-23-12-8-19(25-20)16-5-2-1-3-6-16/h1-8,11-12,15,17H,9-10,13-14H2,(H,24,27). The van der Waals surface area contributed by atoms with E-state index in [9.17, 15) is 4.79 Å². The van der Waals surface area contributed by atoms with Gasteiger partial charge in [0.2, 0.25) is 0 Å². The minimum absolute atomic E-state index is 0.0830. The van der Waals surface area contributed by atoms with Gasteiger partial charge in [-0.15, -0.1) is 0 Å². The van der Waals surface area contributed by atoms with Crippen molar-refractivity contribution in [3.05, 3.63) is 72.9 Å². The van der Waals surface area contributed by atoms with E-state index in [0.717, 1.165) is 29.9 Å². The van der Waals surface area contributed by atoms with Gasteiger partial charge in [0.15, 0.2) is 0 Å². The fraction of sp³-hybridized carbons (Fsp3) is 0.238. The number of hydrogen-bond donors (Lipinski definition) is 1. The van der Waals surface area contributed by atoms with Gasteiger partial charge in [0.05, 0.1) is 17.6 Å². The van der Waals surface area contributed by atoms with Crippen LogP contribution in [0.15, 0.2) is 67.1 Å². The second-order valence-electron chi connectivity index (χ2n) is 6.60. The first-order valence-corrected chi connectivity index (χ1v) is 9.14. The highest BCUT2D eigenvalue weighted by atomic mass is 16.2. The van der Waals surface area contributed by atoms with Gasteiger partial charge in [-0.3, -0.25) is 4.98 Å². The first-order chi connectivity index (χ1) is 13.3. The Labute approximate surface area is 158 Å². The Balaban J connectivity index is 1.39. The zero-order valence-corrected chi connectivity index (χ0v) is 15.0. The molecule has 6 nitrogen and oxygen atoms in total. The summed E-state index contributed by atoms with van der Waals surface area (Å²) in [4.78, 5) is 27.5. The molecule has 0 atom stereocenters. The highest BCUT2D eigenvalue weighted by Crippen LogP contribution is 2.27. The van der Waals surface area contributed by atoms with Crippen LogP contribution in [0, 0.1) is 0 Å². The highest BCUT2D eigenvalue weighted by molar-refractivity contribution is 5.89. The van der Waals surface area contributed by atoms with Crippen molar-refractivity contribution in [1.29, 1.82) is 0 Å². The van der Waals surface area contributed by atoms with Gasteiger partial charge in [-0.05, 0) is 31.0 Å². The minimum atomic E-state index is -0.0830. The molecule has 3 heterocycles. The summed E-state index contributed by atoms with van der Waals surface area (Å²) in [6, 6.07) is 15.6. The number of carbonyl (C=O) groups excluding carboxylic acids is 1. The molecule has 2 aromatic heterocycles. The summed E-state index contributed by atoms with van der Waals surface area (Å²) in [5.41, 5.74) is 2.75. The van der Waals surface area contributed by atoms with Gasteiger partial charge in [-0.2, -0.15) is 0 Å². The molecule has 1 N–H and O–H groups in total. The van der Waals surface area contributed by atoms with Gasteiger partial charge >= 0.3 is 6.03 Å². The molecule has 6 heteroatoms. The van der Waals surface area contributed by atoms with Gasteiger partial charge in [-0.25, -0.2) is 14.8 Å². The molecular weight excluding hydrogens is 338 g/mol. The molecule has 136 valence electrons. The number of pyridine rings is 1. The predicted molar refractivity (Wildman–Crippen MR) is 104 cm³/mol. The molecular formula is C21H21N5O. The fourth-order valence-electron chi connectivity index (χ4n) is 3.32. The van der Waals surface area contributed by atoms with Gasteiger partial charge in [0, 0.05) is 37.0 Å². The number of aromatic nitrogens is 3. The van der Waals surface area contributed by atoms with E-state index in [2.05, 4.69) is 27.4 Å². The lowest BCUT2D eigenvalue weighted by molar-refractivity contribution is 0.193. The molecule has 3 aromatic rings. The van der Waals surface area contributed by atoms with Crippen molar-refractivity contribution in [3.8, 4) is 11.3 Å². The van der Waals surface area contributed by atoms with E-state index in [1.54, 1.807) is 18.5 Å². The molecule has 1 aromatic carbocycles. The van der Waals surface area contributed by atoms with E-state index >= 15 is 0 Å². The van der Waals surface area contributed by atoms with Crippen molar-refractivity contribution in [2.24, 2.45) is 0 Å². The summed E-state index contributed by atoms with van der Waals surface area (Å²) in [7, 11) is 0. The molecule has 1 fully saturated rings. The van der Waals surface area contributed by atoms with Crippen molar-refractivity contribution >= 4 is 11.7 Å². The van der Waals surface area contributed by atoms with Crippen LogP contribution in [0.5, 0.6) is 0 Å². The monoisotopic (exact) mass is 359 g/mol. The number of amides is 2. The molecule has 1 aliphatic rings.